The molecule has 0 bridgehead atoms. The molecule has 1 saturated heterocycles. The molecule has 3 N–H and O–H groups in total. The minimum absolute atomic E-state index is 0.00655. The van der Waals surface area contributed by atoms with Gasteiger partial charge in [-0.1, -0.05) is 54.1 Å². The summed E-state index contributed by atoms with van der Waals surface area (Å²) in [5.74, 6) is -0.300. The number of amides is 3. The van der Waals surface area contributed by atoms with Gasteiger partial charge in [-0.25, -0.2) is 13.2 Å². The topological polar surface area (TPSA) is 108 Å². The van der Waals surface area contributed by atoms with Crippen molar-refractivity contribution in [3.8, 4) is 0 Å². The Kier molecular flexibility index (Phi) is 9.38. The van der Waals surface area contributed by atoms with E-state index in [-0.39, 0.29) is 23.4 Å². The SMILES string of the molecule is O=C(NCCc1ccccc1)Nc1ccc(CN([C@@H]2CCCCNC2=O)S(=O)(=O)c2ccc(Cl)cc2)cc1. The van der Waals surface area contributed by atoms with Gasteiger partial charge in [0, 0.05) is 30.3 Å². The van der Waals surface area contributed by atoms with Crippen LogP contribution in [0.4, 0.5) is 10.5 Å². The molecule has 0 aromatic heterocycles. The number of benzene rings is 3. The standard InChI is InChI=1S/C28H31ClN4O4S/c29-23-11-15-25(16-12-23)38(36,37)33(26-8-4-5-18-30-27(26)34)20-22-9-13-24(14-10-22)32-28(35)31-19-17-21-6-2-1-3-7-21/h1-3,6-7,9-16,26H,4-5,8,17-20H2,(H,30,34)(H2,31,32,35)/t26-/m1/s1. The summed E-state index contributed by atoms with van der Waals surface area (Å²) in [7, 11) is -3.99. The lowest BCUT2D eigenvalue weighted by Crippen LogP contribution is -2.48. The number of carbonyl (C=O) groups is 2. The minimum atomic E-state index is -3.99. The van der Waals surface area contributed by atoms with Gasteiger partial charge in [-0.2, -0.15) is 4.31 Å². The second-order valence-electron chi connectivity index (χ2n) is 9.12. The Hall–Kier alpha value is -3.40. The first-order valence-corrected chi connectivity index (χ1v) is 14.4. The summed E-state index contributed by atoms with van der Waals surface area (Å²) in [6.07, 6.45) is 2.68. The van der Waals surface area contributed by atoms with Gasteiger partial charge >= 0.3 is 6.03 Å². The number of nitrogens with zero attached hydrogens (tertiary/aromatic N) is 1. The van der Waals surface area contributed by atoms with Crippen molar-refractivity contribution >= 4 is 39.2 Å². The van der Waals surface area contributed by atoms with Crippen molar-refractivity contribution in [3.05, 3.63) is 95.0 Å². The Bertz CT molecular complexity index is 1330. The molecular formula is C28H31ClN4O4S. The number of hydrogen-bond donors (Lipinski definition) is 3. The highest BCUT2D eigenvalue weighted by Gasteiger charge is 2.36. The van der Waals surface area contributed by atoms with Gasteiger partial charge in [0.15, 0.2) is 0 Å². The molecule has 3 aromatic carbocycles. The molecule has 0 spiro atoms. The van der Waals surface area contributed by atoms with Crippen molar-refractivity contribution in [1.82, 2.24) is 14.9 Å². The highest BCUT2D eigenvalue weighted by molar-refractivity contribution is 7.89. The Labute approximate surface area is 228 Å². The van der Waals surface area contributed by atoms with Crippen LogP contribution in [0.25, 0.3) is 0 Å². The number of hydrogen-bond acceptors (Lipinski definition) is 4. The van der Waals surface area contributed by atoms with Gasteiger partial charge in [0.05, 0.1) is 4.90 Å². The van der Waals surface area contributed by atoms with Crippen LogP contribution in [0.2, 0.25) is 5.02 Å². The molecule has 0 saturated carbocycles. The Morgan fingerprint density at radius 1 is 0.947 bits per heavy atom. The lowest BCUT2D eigenvalue weighted by atomic mass is 10.1. The third-order valence-electron chi connectivity index (χ3n) is 6.37. The number of rotatable bonds is 9. The summed E-state index contributed by atoms with van der Waals surface area (Å²) in [6.45, 7) is 1.03. The molecule has 0 aliphatic carbocycles. The molecule has 1 aliphatic heterocycles. The smallest absolute Gasteiger partial charge is 0.319 e. The number of carbonyl (C=O) groups excluding carboxylic acids is 2. The van der Waals surface area contributed by atoms with Gasteiger partial charge in [-0.05, 0) is 73.2 Å². The molecule has 200 valence electrons. The molecule has 1 heterocycles. The maximum atomic E-state index is 13.7. The van der Waals surface area contributed by atoms with Crippen LogP contribution in [-0.2, 0) is 27.8 Å². The monoisotopic (exact) mass is 554 g/mol. The summed E-state index contributed by atoms with van der Waals surface area (Å²) in [4.78, 5) is 25.2. The molecule has 1 atom stereocenters. The van der Waals surface area contributed by atoms with E-state index in [0.717, 1.165) is 24.8 Å². The lowest BCUT2D eigenvalue weighted by Gasteiger charge is -2.29. The molecular weight excluding hydrogens is 524 g/mol. The molecule has 10 heteroatoms. The molecule has 38 heavy (non-hydrogen) atoms. The van der Waals surface area contributed by atoms with E-state index in [4.69, 9.17) is 11.6 Å². The summed E-state index contributed by atoms with van der Waals surface area (Å²) >= 11 is 5.96. The third kappa shape index (κ3) is 7.34. The molecule has 0 unspecified atom stereocenters. The van der Waals surface area contributed by atoms with Gasteiger partial charge in [0.1, 0.15) is 6.04 Å². The van der Waals surface area contributed by atoms with E-state index in [1.165, 1.54) is 28.6 Å². The third-order valence-corrected chi connectivity index (χ3v) is 8.49. The van der Waals surface area contributed by atoms with E-state index in [9.17, 15) is 18.0 Å². The largest absolute Gasteiger partial charge is 0.355 e. The Balaban J connectivity index is 1.45. The average molecular weight is 555 g/mol. The predicted octanol–water partition coefficient (Wildman–Crippen LogP) is 4.56. The van der Waals surface area contributed by atoms with Crippen molar-refractivity contribution in [2.45, 2.75) is 43.2 Å². The van der Waals surface area contributed by atoms with Crippen LogP contribution in [0.5, 0.6) is 0 Å². The lowest BCUT2D eigenvalue weighted by molar-refractivity contribution is -0.124. The van der Waals surface area contributed by atoms with Crippen LogP contribution < -0.4 is 16.0 Å². The van der Waals surface area contributed by atoms with Crippen LogP contribution in [-0.4, -0.2) is 43.8 Å². The van der Waals surface area contributed by atoms with Crippen LogP contribution in [0.15, 0.2) is 83.8 Å². The zero-order chi connectivity index (χ0) is 27.0. The van der Waals surface area contributed by atoms with Gasteiger partial charge < -0.3 is 16.0 Å². The second kappa shape index (κ2) is 12.9. The predicted molar refractivity (Wildman–Crippen MR) is 148 cm³/mol. The summed E-state index contributed by atoms with van der Waals surface area (Å²) in [6, 6.07) is 21.6. The second-order valence-corrected chi connectivity index (χ2v) is 11.4. The van der Waals surface area contributed by atoms with Gasteiger partial charge in [-0.3, -0.25) is 4.79 Å². The zero-order valence-corrected chi connectivity index (χ0v) is 22.5. The maximum absolute atomic E-state index is 13.7. The summed E-state index contributed by atoms with van der Waals surface area (Å²) < 4.78 is 28.6. The van der Waals surface area contributed by atoms with Crippen LogP contribution >= 0.6 is 11.6 Å². The van der Waals surface area contributed by atoms with Crippen molar-refractivity contribution in [2.24, 2.45) is 0 Å². The van der Waals surface area contributed by atoms with Crippen LogP contribution in [0.1, 0.15) is 30.4 Å². The fraction of sp³-hybridized carbons (Fsp3) is 0.286. The average Bonchev–Trinajstić information content (AvgIpc) is 3.13. The highest BCUT2D eigenvalue weighted by Crippen LogP contribution is 2.26. The molecule has 4 rings (SSSR count). The first kappa shape index (κ1) is 27.6. The molecule has 1 fully saturated rings. The fourth-order valence-corrected chi connectivity index (χ4v) is 6.05. The molecule has 0 radical (unpaired) electrons. The molecule has 8 nitrogen and oxygen atoms in total. The normalized spacial score (nSPS) is 15.9. The van der Waals surface area contributed by atoms with E-state index >= 15 is 0 Å². The van der Waals surface area contributed by atoms with Crippen molar-refractivity contribution in [1.29, 1.82) is 0 Å². The fourth-order valence-electron chi connectivity index (χ4n) is 4.32. The maximum Gasteiger partial charge on any atom is 0.319 e. The number of sulfonamides is 1. The number of halogens is 1. The molecule has 3 aromatic rings. The number of anilines is 1. The van der Waals surface area contributed by atoms with Crippen molar-refractivity contribution < 1.29 is 18.0 Å². The first-order valence-electron chi connectivity index (χ1n) is 12.6. The van der Waals surface area contributed by atoms with E-state index < -0.39 is 16.1 Å². The quantitative estimate of drug-likeness (QED) is 0.360. The van der Waals surface area contributed by atoms with Gasteiger partial charge in [0.25, 0.3) is 0 Å². The summed E-state index contributed by atoms with van der Waals surface area (Å²) in [5, 5.41) is 8.88. The van der Waals surface area contributed by atoms with Crippen molar-refractivity contribution in [2.75, 3.05) is 18.4 Å². The van der Waals surface area contributed by atoms with Gasteiger partial charge in [0.2, 0.25) is 15.9 Å². The van der Waals surface area contributed by atoms with E-state index in [0.29, 0.717) is 35.8 Å². The van der Waals surface area contributed by atoms with Gasteiger partial charge in [-0.15, -0.1) is 0 Å². The zero-order valence-electron chi connectivity index (χ0n) is 20.9. The van der Waals surface area contributed by atoms with E-state index in [1.807, 2.05) is 30.3 Å². The molecule has 3 amide bonds. The van der Waals surface area contributed by atoms with E-state index in [1.54, 1.807) is 24.3 Å². The Morgan fingerprint density at radius 2 is 1.66 bits per heavy atom. The number of nitrogens with one attached hydrogen (secondary N) is 3. The Morgan fingerprint density at radius 3 is 2.37 bits per heavy atom. The van der Waals surface area contributed by atoms with Crippen LogP contribution in [0, 0.1) is 0 Å². The minimum Gasteiger partial charge on any atom is -0.355 e. The van der Waals surface area contributed by atoms with Crippen molar-refractivity contribution in [3.63, 3.8) is 0 Å². The first-order chi connectivity index (χ1) is 18.3. The number of urea groups is 1. The highest BCUT2D eigenvalue weighted by atomic mass is 35.5. The summed E-state index contributed by atoms with van der Waals surface area (Å²) in [5.41, 5.74) is 2.40. The molecule has 1 aliphatic rings. The van der Waals surface area contributed by atoms with E-state index in [2.05, 4.69) is 16.0 Å². The van der Waals surface area contributed by atoms with Crippen LogP contribution in [0.3, 0.4) is 0 Å².